The molecule has 2 unspecified atom stereocenters. The number of nitrogens with one attached hydrogen (secondary N) is 2. The van der Waals surface area contributed by atoms with Crippen LogP contribution in [0.4, 0.5) is 25.8 Å². The van der Waals surface area contributed by atoms with Gasteiger partial charge in [-0.3, -0.25) is 14.9 Å². The zero-order chi connectivity index (χ0) is 26.0. The summed E-state index contributed by atoms with van der Waals surface area (Å²) in [5, 5.41) is 6.58. The van der Waals surface area contributed by atoms with E-state index in [-0.39, 0.29) is 17.8 Å². The zero-order valence-electron chi connectivity index (χ0n) is 20.4. The topological polar surface area (TPSA) is 70.7 Å². The van der Waals surface area contributed by atoms with Crippen molar-refractivity contribution in [2.45, 2.75) is 19.0 Å². The van der Waals surface area contributed by atoms with Crippen molar-refractivity contribution in [2.75, 3.05) is 31.4 Å². The van der Waals surface area contributed by atoms with Crippen LogP contribution in [0.3, 0.4) is 0 Å². The number of nitrogens with zero attached hydrogens (tertiary/aromatic N) is 1. The van der Waals surface area contributed by atoms with Gasteiger partial charge in [-0.05, 0) is 60.0 Å². The van der Waals surface area contributed by atoms with Crippen molar-refractivity contribution in [3.8, 4) is 5.75 Å². The monoisotopic (exact) mass is 491 g/mol. The molecule has 0 radical (unpaired) electrons. The van der Waals surface area contributed by atoms with E-state index in [4.69, 9.17) is 4.74 Å². The third-order valence-electron chi connectivity index (χ3n) is 6.13. The molecule has 0 amide bonds. The predicted octanol–water partition coefficient (Wildman–Crippen LogP) is 4.82. The highest BCUT2D eigenvalue weighted by Gasteiger charge is 2.23. The highest BCUT2D eigenvalue weighted by Crippen LogP contribution is 2.31. The average molecular weight is 492 g/mol. The van der Waals surface area contributed by atoms with Gasteiger partial charge in [0.2, 0.25) is 0 Å². The summed E-state index contributed by atoms with van der Waals surface area (Å²) in [6.45, 7) is 1.87. The van der Waals surface area contributed by atoms with E-state index in [2.05, 4.69) is 10.6 Å². The van der Waals surface area contributed by atoms with Crippen LogP contribution in [0, 0.1) is 11.6 Å². The molecule has 4 rings (SSSR count). The standard InChI is InChI=1S/C28H27F2N3O3/c1-16(18-10-13-22(29)23(30)15-18)31-24(17-8-11-21(36-4)12-9-17)19-6-5-7-20(14-19)32-25-26(33(2)3)28(35)27(25)34/h5-16,24,31-32H,1-4H3. The van der Waals surface area contributed by atoms with Crippen molar-refractivity contribution in [1.82, 2.24) is 5.32 Å². The third kappa shape index (κ3) is 4.99. The van der Waals surface area contributed by atoms with E-state index in [0.717, 1.165) is 17.2 Å². The lowest BCUT2D eigenvalue weighted by molar-refractivity contribution is 0.414. The number of anilines is 3. The Labute approximate surface area is 207 Å². The molecule has 2 N–H and O–H groups in total. The Morgan fingerprint density at radius 1 is 0.833 bits per heavy atom. The summed E-state index contributed by atoms with van der Waals surface area (Å²) in [7, 11) is 5.01. The van der Waals surface area contributed by atoms with E-state index in [1.807, 2.05) is 55.5 Å². The summed E-state index contributed by atoms with van der Waals surface area (Å²) < 4.78 is 32.6. The Kier molecular flexibility index (Phi) is 7.17. The zero-order valence-corrected chi connectivity index (χ0v) is 20.4. The molecule has 0 aliphatic rings. The molecule has 0 aliphatic heterocycles. The van der Waals surface area contributed by atoms with Gasteiger partial charge in [0.15, 0.2) is 11.6 Å². The first-order chi connectivity index (χ1) is 17.2. The second-order valence-corrected chi connectivity index (χ2v) is 8.79. The van der Waals surface area contributed by atoms with E-state index < -0.39 is 22.5 Å². The van der Waals surface area contributed by atoms with Crippen LogP contribution < -0.4 is 31.1 Å². The first-order valence-electron chi connectivity index (χ1n) is 11.4. The third-order valence-corrected chi connectivity index (χ3v) is 6.13. The van der Waals surface area contributed by atoms with Crippen molar-refractivity contribution >= 4 is 17.1 Å². The van der Waals surface area contributed by atoms with Crippen molar-refractivity contribution in [3.63, 3.8) is 0 Å². The molecule has 0 fully saturated rings. The Morgan fingerprint density at radius 3 is 2.17 bits per heavy atom. The summed E-state index contributed by atoms with van der Waals surface area (Å²) in [6, 6.07) is 18.2. The van der Waals surface area contributed by atoms with Gasteiger partial charge in [-0.25, -0.2) is 8.78 Å². The molecule has 4 aromatic rings. The molecule has 2 atom stereocenters. The second kappa shape index (κ2) is 10.3. The lowest BCUT2D eigenvalue weighted by Gasteiger charge is -2.26. The molecular formula is C28H27F2N3O3. The molecule has 0 aromatic heterocycles. The van der Waals surface area contributed by atoms with Crippen LogP contribution in [0.25, 0.3) is 0 Å². The minimum Gasteiger partial charge on any atom is -0.497 e. The van der Waals surface area contributed by atoms with Gasteiger partial charge < -0.3 is 15.0 Å². The van der Waals surface area contributed by atoms with E-state index in [1.165, 1.54) is 6.07 Å². The number of benzene rings is 3. The quantitative estimate of drug-likeness (QED) is 0.327. The van der Waals surface area contributed by atoms with Crippen LogP contribution >= 0.6 is 0 Å². The minimum absolute atomic E-state index is 0.256. The molecule has 0 saturated heterocycles. The SMILES string of the molecule is COc1ccc(C(NC(C)c2ccc(F)c(F)c2)c2cccc(Nc3c(N(C)C)c(=O)c3=O)c2)cc1. The molecule has 6 nitrogen and oxygen atoms in total. The molecule has 4 aromatic carbocycles. The maximum atomic E-state index is 13.9. The number of hydrogen-bond donors (Lipinski definition) is 2. The summed E-state index contributed by atoms with van der Waals surface area (Å²) in [4.78, 5) is 25.7. The fourth-order valence-electron chi connectivity index (χ4n) is 4.17. The second-order valence-electron chi connectivity index (χ2n) is 8.79. The minimum atomic E-state index is -0.905. The van der Waals surface area contributed by atoms with Crippen molar-refractivity contribution in [2.24, 2.45) is 0 Å². The molecule has 0 bridgehead atoms. The smallest absolute Gasteiger partial charge is 0.253 e. The molecule has 0 heterocycles. The number of ether oxygens (including phenoxy) is 1. The molecule has 0 saturated carbocycles. The van der Waals surface area contributed by atoms with Crippen LogP contribution in [-0.2, 0) is 0 Å². The van der Waals surface area contributed by atoms with Gasteiger partial charge in [0.1, 0.15) is 17.1 Å². The van der Waals surface area contributed by atoms with Crippen LogP contribution in [0.1, 0.15) is 35.7 Å². The number of hydrogen-bond acceptors (Lipinski definition) is 6. The van der Waals surface area contributed by atoms with Gasteiger partial charge >= 0.3 is 0 Å². The van der Waals surface area contributed by atoms with E-state index >= 15 is 0 Å². The number of methoxy groups -OCH3 is 1. The lowest BCUT2D eigenvalue weighted by Crippen LogP contribution is -2.39. The first-order valence-corrected chi connectivity index (χ1v) is 11.4. The Morgan fingerprint density at radius 2 is 1.53 bits per heavy atom. The highest BCUT2D eigenvalue weighted by molar-refractivity contribution is 5.79. The van der Waals surface area contributed by atoms with Gasteiger partial charge in [0.05, 0.1) is 13.2 Å². The van der Waals surface area contributed by atoms with Gasteiger partial charge in [-0.2, -0.15) is 0 Å². The molecule has 0 aliphatic carbocycles. The number of halogens is 2. The van der Waals surface area contributed by atoms with Crippen molar-refractivity contribution in [1.29, 1.82) is 0 Å². The Bertz CT molecular complexity index is 1440. The van der Waals surface area contributed by atoms with Gasteiger partial charge in [-0.15, -0.1) is 0 Å². The summed E-state index contributed by atoms with van der Waals surface area (Å²) in [5.41, 5.74) is 2.55. The van der Waals surface area contributed by atoms with Gasteiger partial charge in [0.25, 0.3) is 10.9 Å². The predicted molar refractivity (Wildman–Crippen MR) is 138 cm³/mol. The van der Waals surface area contributed by atoms with E-state index in [0.29, 0.717) is 22.7 Å². The summed E-state index contributed by atoms with van der Waals surface area (Å²) in [6.07, 6.45) is 0. The van der Waals surface area contributed by atoms with Gasteiger partial charge in [0, 0.05) is 25.8 Å². The fourth-order valence-corrected chi connectivity index (χ4v) is 4.17. The molecule has 186 valence electrons. The fraction of sp³-hybridized carbons (Fsp3) is 0.214. The number of rotatable bonds is 9. The van der Waals surface area contributed by atoms with Crippen LogP contribution in [0.2, 0.25) is 0 Å². The Hall–Kier alpha value is -4.04. The maximum Gasteiger partial charge on any atom is 0.253 e. The Balaban J connectivity index is 1.69. The first kappa shape index (κ1) is 25.1. The van der Waals surface area contributed by atoms with E-state index in [9.17, 15) is 18.4 Å². The lowest BCUT2D eigenvalue weighted by atomic mass is 9.96. The van der Waals surface area contributed by atoms with E-state index in [1.54, 1.807) is 32.2 Å². The largest absolute Gasteiger partial charge is 0.497 e. The molecule has 8 heteroatoms. The van der Waals surface area contributed by atoms with Gasteiger partial charge in [-0.1, -0.05) is 30.3 Å². The molecule has 0 spiro atoms. The summed E-state index contributed by atoms with van der Waals surface area (Å²) >= 11 is 0. The highest BCUT2D eigenvalue weighted by atomic mass is 19.2. The van der Waals surface area contributed by atoms with Crippen LogP contribution in [0.5, 0.6) is 5.75 Å². The maximum absolute atomic E-state index is 13.9. The van der Waals surface area contributed by atoms with Crippen LogP contribution in [-0.4, -0.2) is 21.2 Å². The molecule has 36 heavy (non-hydrogen) atoms. The van der Waals surface area contributed by atoms with Crippen molar-refractivity contribution in [3.05, 3.63) is 116 Å². The van der Waals surface area contributed by atoms with Crippen LogP contribution in [0.15, 0.2) is 76.3 Å². The summed E-state index contributed by atoms with van der Waals surface area (Å²) in [5.74, 6) is -1.09. The molecular weight excluding hydrogens is 464 g/mol. The average Bonchev–Trinajstić information content (AvgIpc) is 2.88. The normalized spacial score (nSPS) is 12.8. The van der Waals surface area contributed by atoms with Crippen molar-refractivity contribution < 1.29 is 13.5 Å².